The molecule has 0 spiro atoms. The quantitative estimate of drug-likeness (QED) is 0.763. The van der Waals surface area contributed by atoms with Gasteiger partial charge < -0.3 is 10.1 Å². The standard InChI is InChI=1S/C16H14N2O2/c19-16(20)14(15-9-17-10-18-15)8-11-5-6-12-3-1-2-4-13(12)7-11/h1-7,9-10,14H,8H2,(H,17,18)(H,19,20). The molecule has 20 heavy (non-hydrogen) atoms. The van der Waals surface area contributed by atoms with Gasteiger partial charge in [-0.3, -0.25) is 4.79 Å². The van der Waals surface area contributed by atoms with E-state index in [4.69, 9.17) is 0 Å². The average molecular weight is 266 g/mol. The first-order chi connectivity index (χ1) is 9.74. The van der Waals surface area contributed by atoms with E-state index in [1.807, 2.05) is 42.5 Å². The number of aromatic nitrogens is 2. The monoisotopic (exact) mass is 266 g/mol. The molecule has 2 N–H and O–H groups in total. The van der Waals surface area contributed by atoms with Gasteiger partial charge in [0.05, 0.1) is 6.33 Å². The molecule has 1 unspecified atom stereocenters. The topological polar surface area (TPSA) is 66.0 Å². The number of carboxylic acid groups (broad SMARTS) is 1. The number of rotatable bonds is 4. The molecule has 0 aliphatic heterocycles. The average Bonchev–Trinajstić information content (AvgIpc) is 2.98. The number of aromatic amines is 1. The molecule has 0 saturated heterocycles. The van der Waals surface area contributed by atoms with Gasteiger partial charge >= 0.3 is 5.97 Å². The molecule has 1 atom stereocenters. The third-order valence-corrected chi connectivity index (χ3v) is 3.45. The summed E-state index contributed by atoms with van der Waals surface area (Å²) in [6.45, 7) is 0. The fourth-order valence-electron chi connectivity index (χ4n) is 2.39. The molecule has 2 aromatic carbocycles. The molecule has 0 amide bonds. The van der Waals surface area contributed by atoms with Crippen LogP contribution in [0.25, 0.3) is 10.8 Å². The molecule has 1 heterocycles. The lowest BCUT2D eigenvalue weighted by atomic mass is 9.95. The molecule has 3 rings (SSSR count). The Morgan fingerprint density at radius 3 is 2.70 bits per heavy atom. The van der Waals surface area contributed by atoms with Gasteiger partial charge in [-0.1, -0.05) is 42.5 Å². The van der Waals surface area contributed by atoms with Crippen molar-refractivity contribution in [2.75, 3.05) is 0 Å². The Labute approximate surface area is 116 Å². The van der Waals surface area contributed by atoms with E-state index in [9.17, 15) is 9.90 Å². The minimum Gasteiger partial charge on any atom is -0.481 e. The molecule has 3 aromatic rings. The second kappa shape index (κ2) is 5.17. The van der Waals surface area contributed by atoms with E-state index in [-0.39, 0.29) is 0 Å². The van der Waals surface area contributed by atoms with Gasteiger partial charge in [0.2, 0.25) is 0 Å². The van der Waals surface area contributed by atoms with Crippen LogP contribution >= 0.6 is 0 Å². The maximum Gasteiger partial charge on any atom is 0.312 e. The Bertz CT molecular complexity index is 735. The predicted molar refractivity (Wildman–Crippen MR) is 76.6 cm³/mol. The number of carbonyl (C=O) groups is 1. The molecule has 0 saturated carbocycles. The molecule has 4 nitrogen and oxygen atoms in total. The highest BCUT2D eigenvalue weighted by molar-refractivity contribution is 5.83. The Morgan fingerprint density at radius 2 is 2.00 bits per heavy atom. The molecule has 1 aromatic heterocycles. The first-order valence-electron chi connectivity index (χ1n) is 6.43. The fourth-order valence-corrected chi connectivity index (χ4v) is 2.39. The maximum absolute atomic E-state index is 11.4. The van der Waals surface area contributed by atoms with Gasteiger partial charge in [-0.05, 0) is 22.8 Å². The van der Waals surface area contributed by atoms with E-state index in [0.717, 1.165) is 16.3 Å². The van der Waals surface area contributed by atoms with Crippen LogP contribution in [0.3, 0.4) is 0 Å². The molecule has 0 fully saturated rings. The highest BCUT2D eigenvalue weighted by Gasteiger charge is 2.21. The van der Waals surface area contributed by atoms with Crippen LogP contribution in [-0.4, -0.2) is 21.0 Å². The number of fused-ring (bicyclic) bond motifs is 1. The second-order valence-electron chi connectivity index (χ2n) is 4.78. The van der Waals surface area contributed by atoms with Crippen LogP contribution in [-0.2, 0) is 11.2 Å². The number of imidazole rings is 1. The zero-order chi connectivity index (χ0) is 13.9. The minimum atomic E-state index is -0.845. The lowest BCUT2D eigenvalue weighted by Crippen LogP contribution is -2.14. The maximum atomic E-state index is 11.4. The van der Waals surface area contributed by atoms with Crippen molar-refractivity contribution in [2.24, 2.45) is 0 Å². The van der Waals surface area contributed by atoms with Gasteiger partial charge in [0.25, 0.3) is 0 Å². The zero-order valence-electron chi connectivity index (χ0n) is 10.8. The fraction of sp³-hybridized carbons (Fsp3) is 0.125. The third kappa shape index (κ3) is 2.40. The van der Waals surface area contributed by atoms with Gasteiger partial charge in [-0.15, -0.1) is 0 Å². The largest absolute Gasteiger partial charge is 0.481 e. The summed E-state index contributed by atoms with van der Waals surface area (Å²) in [5.41, 5.74) is 1.64. The number of nitrogens with one attached hydrogen (secondary N) is 1. The van der Waals surface area contributed by atoms with E-state index in [1.165, 1.54) is 6.33 Å². The van der Waals surface area contributed by atoms with E-state index < -0.39 is 11.9 Å². The van der Waals surface area contributed by atoms with Crippen molar-refractivity contribution in [1.29, 1.82) is 0 Å². The van der Waals surface area contributed by atoms with Crippen LogP contribution in [0.15, 0.2) is 55.0 Å². The highest BCUT2D eigenvalue weighted by atomic mass is 16.4. The number of benzene rings is 2. The molecule has 100 valence electrons. The number of aliphatic carboxylic acids is 1. The summed E-state index contributed by atoms with van der Waals surface area (Å²) >= 11 is 0. The normalized spacial score (nSPS) is 12.4. The summed E-state index contributed by atoms with van der Waals surface area (Å²) in [4.78, 5) is 18.2. The third-order valence-electron chi connectivity index (χ3n) is 3.45. The molecule has 0 bridgehead atoms. The zero-order valence-corrected chi connectivity index (χ0v) is 10.8. The summed E-state index contributed by atoms with van der Waals surface area (Å²) < 4.78 is 0. The molecule has 4 heteroatoms. The van der Waals surface area contributed by atoms with E-state index in [1.54, 1.807) is 6.20 Å². The molecule has 0 radical (unpaired) electrons. The van der Waals surface area contributed by atoms with Crippen LogP contribution in [0, 0.1) is 0 Å². The van der Waals surface area contributed by atoms with Gasteiger partial charge in [0, 0.05) is 11.9 Å². The Morgan fingerprint density at radius 1 is 1.20 bits per heavy atom. The van der Waals surface area contributed by atoms with E-state index in [0.29, 0.717) is 12.1 Å². The number of H-pyrrole nitrogens is 1. The van der Waals surface area contributed by atoms with Crippen LogP contribution in [0.4, 0.5) is 0 Å². The SMILES string of the molecule is O=C(O)C(Cc1ccc2ccccc2c1)c1cnc[nH]1. The summed E-state index contributed by atoms with van der Waals surface area (Å²) in [5, 5.41) is 11.7. The van der Waals surface area contributed by atoms with Crippen LogP contribution in [0.1, 0.15) is 17.2 Å². The van der Waals surface area contributed by atoms with Crippen LogP contribution < -0.4 is 0 Å². The Balaban J connectivity index is 1.92. The van der Waals surface area contributed by atoms with Crippen molar-refractivity contribution in [3.63, 3.8) is 0 Å². The van der Waals surface area contributed by atoms with Crippen molar-refractivity contribution < 1.29 is 9.90 Å². The summed E-state index contributed by atoms with van der Waals surface area (Å²) in [7, 11) is 0. The summed E-state index contributed by atoms with van der Waals surface area (Å²) in [6, 6.07) is 14.1. The van der Waals surface area contributed by atoms with Crippen molar-refractivity contribution >= 4 is 16.7 Å². The smallest absolute Gasteiger partial charge is 0.312 e. The van der Waals surface area contributed by atoms with E-state index in [2.05, 4.69) is 9.97 Å². The first kappa shape index (κ1) is 12.4. The summed E-state index contributed by atoms with van der Waals surface area (Å²) in [6.07, 6.45) is 3.52. The predicted octanol–water partition coefficient (Wildman–Crippen LogP) is 2.97. The number of hydrogen-bond acceptors (Lipinski definition) is 2. The van der Waals surface area contributed by atoms with Crippen LogP contribution in [0.5, 0.6) is 0 Å². The van der Waals surface area contributed by atoms with Gasteiger partial charge in [-0.25, -0.2) is 4.98 Å². The van der Waals surface area contributed by atoms with Crippen molar-refractivity contribution in [2.45, 2.75) is 12.3 Å². The summed E-state index contributed by atoms with van der Waals surface area (Å²) in [5.74, 6) is -1.44. The molecule has 0 aliphatic carbocycles. The molecular weight excluding hydrogens is 252 g/mol. The Hall–Kier alpha value is -2.62. The van der Waals surface area contributed by atoms with Crippen molar-refractivity contribution in [3.05, 3.63) is 66.2 Å². The van der Waals surface area contributed by atoms with E-state index >= 15 is 0 Å². The highest BCUT2D eigenvalue weighted by Crippen LogP contribution is 2.22. The van der Waals surface area contributed by atoms with Crippen LogP contribution in [0.2, 0.25) is 0 Å². The Kier molecular flexibility index (Phi) is 3.21. The lowest BCUT2D eigenvalue weighted by molar-refractivity contribution is -0.138. The lowest BCUT2D eigenvalue weighted by Gasteiger charge is -2.11. The minimum absolute atomic E-state index is 0.447. The van der Waals surface area contributed by atoms with Crippen molar-refractivity contribution in [1.82, 2.24) is 9.97 Å². The number of nitrogens with zero attached hydrogens (tertiary/aromatic N) is 1. The number of carboxylic acids is 1. The molecular formula is C16H14N2O2. The van der Waals surface area contributed by atoms with Gasteiger partial charge in [0.15, 0.2) is 0 Å². The first-order valence-corrected chi connectivity index (χ1v) is 6.43. The number of hydrogen-bond donors (Lipinski definition) is 2. The van der Waals surface area contributed by atoms with Gasteiger partial charge in [0.1, 0.15) is 5.92 Å². The van der Waals surface area contributed by atoms with Gasteiger partial charge in [-0.2, -0.15) is 0 Å². The molecule has 0 aliphatic rings. The second-order valence-corrected chi connectivity index (χ2v) is 4.78. The van der Waals surface area contributed by atoms with Crippen molar-refractivity contribution in [3.8, 4) is 0 Å².